The topological polar surface area (TPSA) is 75.2 Å². The van der Waals surface area contributed by atoms with Gasteiger partial charge in [0, 0.05) is 17.5 Å². The van der Waals surface area contributed by atoms with Crippen LogP contribution in [0.25, 0.3) is 0 Å². The molecule has 0 unspecified atom stereocenters. The van der Waals surface area contributed by atoms with Crippen molar-refractivity contribution in [3.63, 3.8) is 0 Å². The number of nitrogens with one attached hydrogen (secondary N) is 1. The third-order valence-electron chi connectivity index (χ3n) is 4.14. The summed E-state index contributed by atoms with van der Waals surface area (Å²) in [7, 11) is 0. The van der Waals surface area contributed by atoms with Gasteiger partial charge in [-0.25, -0.2) is 0 Å². The molecule has 0 bridgehead atoms. The first-order valence-corrected chi connectivity index (χ1v) is 9.84. The molecule has 1 aromatic carbocycles. The minimum atomic E-state index is -0.566. The Morgan fingerprint density at radius 2 is 2.08 bits per heavy atom. The summed E-state index contributed by atoms with van der Waals surface area (Å²) in [6, 6.07) is 4.16. The van der Waals surface area contributed by atoms with Crippen LogP contribution >= 0.6 is 34.5 Å². The zero-order valence-electron chi connectivity index (χ0n) is 14.3. The Hall–Kier alpha value is -1.70. The molecule has 0 aliphatic carbocycles. The van der Waals surface area contributed by atoms with E-state index in [1.54, 1.807) is 12.1 Å². The molecule has 1 fully saturated rings. The van der Waals surface area contributed by atoms with E-state index < -0.39 is 6.04 Å². The lowest BCUT2D eigenvalue weighted by atomic mass is 10.1. The largest absolute Gasteiger partial charge is 0.327 e. The first-order valence-electron chi connectivity index (χ1n) is 8.27. The molecule has 1 aromatic heterocycles. The fraction of sp³-hybridized carbons (Fsp3) is 0.412. The van der Waals surface area contributed by atoms with Crippen LogP contribution in [0.5, 0.6) is 0 Å². The van der Waals surface area contributed by atoms with Crippen LogP contribution in [0.4, 0.5) is 5.13 Å². The monoisotopic (exact) mass is 412 g/mol. The smallest absolute Gasteiger partial charge is 0.256 e. The van der Waals surface area contributed by atoms with Crippen LogP contribution in [0.2, 0.25) is 10.0 Å². The zero-order valence-corrected chi connectivity index (χ0v) is 16.7. The van der Waals surface area contributed by atoms with Gasteiger partial charge < -0.3 is 4.90 Å². The molecule has 9 heteroatoms. The van der Waals surface area contributed by atoms with Crippen LogP contribution in [-0.2, 0) is 4.79 Å². The van der Waals surface area contributed by atoms with Gasteiger partial charge in [-0.1, -0.05) is 48.4 Å². The van der Waals surface area contributed by atoms with E-state index in [2.05, 4.69) is 15.5 Å². The second-order valence-electron chi connectivity index (χ2n) is 6.37. The Morgan fingerprint density at radius 1 is 1.31 bits per heavy atom. The van der Waals surface area contributed by atoms with Crippen LogP contribution in [-0.4, -0.2) is 39.5 Å². The molecule has 1 saturated heterocycles. The van der Waals surface area contributed by atoms with Gasteiger partial charge in [0.15, 0.2) is 0 Å². The van der Waals surface area contributed by atoms with Crippen molar-refractivity contribution in [1.29, 1.82) is 0 Å². The summed E-state index contributed by atoms with van der Waals surface area (Å²) >= 11 is 13.5. The van der Waals surface area contributed by atoms with Crippen LogP contribution in [0.3, 0.4) is 0 Å². The third kappa shape index (κ3) is 4.00. The van der Waals surface area contributed by atoms with Crippen molar-refractivity contribution in [2.75, 3.05) is 11.9 Å². The number of nitrogens with zero attached hydrogens (tertiary/aromatic N) is 3. The fourth-order valence-corrected chi connectivity index (χ4v) is 3.92. The maximum atomic E-state index is 12.9. The molecule has 1 atom stereocenters. The number of hydrogen-bond donors (Lipinski definition) is 1. The second kappa shape index (κ2) is 7.90. The van der Waals surface area contributed by atoms with Gasteiger partial charge in [-0.15, -0.1) is 10.2 Å². The number of carbonyl (C=O) groups is 2. The highest BCUT2D eigenvalue weighted by molar-refractivity contribution is 7.15. The molecule has 1 aliphatic rings. The molecule has 1 N–H and O–H groups in total. The molecule has 0 radical (unpaired) electrons. The zero-order chi connectivity index (χ0) is 18.8. The molecule has 2 amide bonds. The fourth-order valence-electron chi connectivity index (χ4n) is 2.81. The molecular weight excluding hydrogens is 395 g/mol. The SMILES string of the molecule is CC(C)c1nnc(NC(=O)[C@@H]2CCCN2C(=O)c2cc(Cl)ccc2Cl)s1. The summed E-state index contributed by atoms with van der Waals surface area (Å²) in [5.41, 5.74) is 0.303. The predicted molar refractivity (Wildman–Crippen MR) is 103 cm³/mol. The molecule has 3 rings (SSSR count). The van der Waals surface area contributed by atoms with Crippen molar-refractivity contribution in [2.24, 2.45) is 0 Å². The van der Waals surface area contributed by atoms with Crippen molar-refractivity contribution in [2.45, 2.75) is 38.6 Å². The Morgan fingerprint density at radius 3 is 2.77 bits per heavy atom. The van der Waals surface area contributed by atoms with Gasteiger partial charge >= 0.3 is 0 Å². The van der Waals surface area contributed by atoms with Crippen molar-refractivity contribution >= 4 is 51.5 Å². The first-order chi connectivity index (χ1) is 12.4. The van der Waals surface area contributed by atoms with Crippen LogP contribution in [0.15, 0.2) is 18.2 Å². The van der Waals surface area contributed by atoms with E-state index in [0.29, 0.717) is 33.7 Å². The van der Waals surface area contributed by atoms with Crippen LogP contribution < -0.4 is 5.32 Å². The van der Waals surface area contributed by atoms with Gasteiger partial charge in [0.25, 0.3) is 5.91 Å². The summed E-state index contributed by atoms with van der Waals surface area (Å²) in [6.45, 7) is 4.52. The van der Waals surface area contributed by atoms with Gasteiger partial charge in [0.05, 0.1) is 10.6 Å². The van der Waals surface area contributed by atoms with E-state index in [4.69, 9.17) is 23.2 Å². The average Bonchev–Trinajstić information content (AvgIpc) is 3.25. The van der Waals surface area contributed by atoms with Gasteiger partial charge in [-0.3, -0.25) is 14.9 Å². The lowest BCUT2D eigenvalue weighted by Gasteiger charge is -2.24. The van der Waals surface area contributed by atoms with Crippen molar-refractivity contribution in [3.8, 4) is 0 Å². The van der Waals surface area contributed by atoms with E-state index in [-0.39, 0.29) is 17.7 Å². The first kappa shape index (κ1) is 19.1. The van der Waals surface area contributed by atoms with Gasteiger partial charge in [-0.2, -0.15) is 0 Å². The highest BCUT2D eigenvalue weighted by Gasteiger charge is 2.35. The van der Waals surface area contributed by atoms with Crippen LogP contribution in [0, 0.1) is 0 Å². The Kier molecular flexibility index (Phi) is 5.79. The number of carbonyl (C=O) groups excluding carboxylic acids is 2. The normalized spacial score (nSPS) is 17.0. The maximum Gasteiger partial charge on any atom is 0.256 e. The predicted octanol–water partition coefficient (Wildman–Crippen LogP) is 4.21. The molecule has 0 saturated carbocycles. The molecule has 2 aromatic rings. The third-order valence-corrected chi connectivity index (χ3v) is 5.84. The minimum Gasteiger partial charge on any atom is -0.327 e. The molecule has 2 heterocycles. The number of aromatic nitrogens is 2. The van der Waals surface area contributed by atoms with Crippen LogP contribution in [0.1, 0.15) is 48.0 Å². The lowest BCUT2D eigenvalue weighted by molar-refractivity contribution is -0.119. The second-order valence-corrected chi connectivity index (χ2v) is 8.22. The van der Waals surface area contributed by atoms with E-state index >= 15 is 0 Å². The quantitative estimate of drug-likeness (QED) is 0.815. The summed E-state index contributed by atoms with van der Waals surface area (Å²) in [6.07, 6.45) is 1.33. The molecule has 138 valence electrons. The summed E-state index contributed by atoms with van der Waals surface area (Å²) in [5, 5.41) is 12.9. The number of anilines is 1. The minimum absolute atomic E-state index is 0.243. The highest BCUT2D eigenvalue weighted by atomic mass is 35.5. The Bertz CT molecular complexity index is 840. The van der Waals surface area contributed by atoms with E-state index in [9.17, 15) is 9.59 Å². The van der Waals surface area contributed by atoms with E-state index in [1.807, 2.05) is 13.8 Å². The van der Waals surface area contributed by atoms with E-state index in [0.717, 1.165) is 11.4 Å². The van der Waals surface area contributed by atoms with Gasteiger partial charge in [-0.05, 0) is 31.0 Å². The Balaban J connectivity index is 1.75. The number of likely N-dealkylation sites (tertiary alicyclic amines) is 1. The van der Waals surface area contributed by atoms with E-state index in [1.165, 1.54) is 22.3 Å². The molecule has 6 nitrogen and oxygen atoms in total. The van der Waals surface area contributed by atoms with Gasteiger partial charge in [0.1, 0.15) is 11.0 Å². The average molecular weight is 413 g/mol. The maximum absolute atomic E-state index is 12.9. The number of amides is 2. The lowest BCUT2D eigenvalue weighted by Crippen LogP contribution is -2.43. The summed E-state index contributed by atoms with van der Waals surface area (Å²) < 4.78 is 0. The standard InChI is InChI=1S/C17H18Cl2N4O2S/c1-9(2)15-21-22-17(26-15)20-14(24)13-4-3-7-23(13)16(25)11-8-10(18)5-6-12(11)19/h5-6,8-9,13H,3-4,7H2,1-2H3,(H,20,22,24)/t13-/m0/s1. The molecular formula is C17H18Cl2N4O2S. The Labute approximate surface area is 165 Å². The number of hydrogen-bond acceptors (Lipinski definition) is 5. The summed E-state index contributed by atoms with van der Waals surface area (Å²) in [4.78, 5) is 27.1. The molecule has 1 aliphatic heterocycles. The number of benzene rings is 1. The molecule has 0 spiro atoms. The van der Waals surface area contributed by atoms with Gasteiger partial charge in [0.2, 0.25) is 11.0 Å². The number of rotatable bonds is 4. The van der Waals surface area contributed by atoms with Crippen molar-refractivity contribution in [1.82, 2.24) is 15.1 Å². The van der Waals surface area contributed by atoms with Crippen molar-refractivity contribution < 1.29 is 9.59 Å². The van der Waals surface area contributed by atoms with Crippen molar-refractivity contribution in [3.05, 3.63) is 38.8 Å². The summed E-state index contributed by atoms with van der Waals surface area (Å²) in [5.74, 6) is -0.316. The highest BCUT2D eigenvalue weighted by Crippen LogP contribution is 2.28. The number of halogens is 2. The molecule has 26 heavy (non-hydrogen) atoms.